The van der Waals surface area contributed by atoms with Gasteiger partial charge < -0.3 is 14.8 Å². The molecule has 0 saturated carbocycles. The quantitative estimate of drug-likeness (QED) is 0.617. The summed E-state index contributed by atoms with van der Waals surface area (Å²) in [6.45, 7) is 2.28. The van der Waals surface area contributed by atoms with Gasteiger partial charge in [0, 0.05) is 25.8 Å². The zero-order chi connectivity index (χ0) is 23.2. The number of aromatic nitrogens is 2. The maximum Gasteiger partial charge on any atom is 0.328 e. The van der Waals surface area contributed by atoms with Gasteiger partial charge in [-0.2, -0.15) is 0 Å². The van der Waals surface area contributed by atoms with Crippen molar-refractivity contribution in [1.82, 2.24) is 9.13 Å². The van der Waals surface area contributed by atoms with Crippen molar-refractivity contribution in [3.8, 4) is 11.5 Å². The average molecular weight is 461 g/mol. The first kappa shape index (κ1) is 21.8. The zero-order valence-corrected chi connectivity index (χ0v) is 19.0. The largest absolute Gasteiger partial charge is 0.486 e. The van der Waals surface area contributed by atoms with Gasteiger partial charge in [0.15, 0.2) is 11.5 Å². The number of carbonyl (C=O) groups is 1. The van der Waals surface area contributed by atoms with Crippen LogP contribution in [0, 0.1) is 0 Å². The molecule has 2 aromatic carbocycles. The summed E-state index contributed by atoms with van der Waals surface area (Å²) < 4.78 is 40.2. The second kappa shape index (κ2) is 7.90. The summed E-state index contributed by atoms with van der Waals surface area (Å²) in [5, 5.41) is 2.75. The Morgan fingerprint density at radius 2 is 1.69 bits per heavy atom. The predicted octanol–water partition coefficient (Wildman–Crippen LogP) is 1.44. The molecule has 0 spiro atoms. The van der Waals surface area contributed by atoms with Crippen LogP contribution in [-0.2, 0) is 28.9 Å². The normalized spacial score (nSPS) is 14.2. The maximum atomic E-state index is 13.0. The number of nitrogens with one attached hydrogen (secondary N) is 1. The van der Waals surface area contributed by atoms with Crippen LogP contribution in [0.25, 0.3) is 11.0 Å². The van der Waals surface area contributed by atoms with Crippen LogP contribution in [0.4, 0.5) is 11.4 Å². The third kappa shape index (κ3) is 3.79. The van der Waals surface area contributed by atoms with Crippen LogP contribution in [-0.4, -0.2) is 49.0 Å². The van der Waals surface area contributed by atoms with Crippen molar-refractivity contribution in [3.05, 3.63) is 46.9 Å². The number of hydrogen-bond acceptors (Lipinski definition) is 6. The van der Waals surface area contributed by atoms with Crippen LogP contribution in [0.5, 0.6) is 11.5 Å². The van der Waals surface area contributed by atoms with Crippen LogP contribution >= 0.6 is 0 Å². The molecule has 10 nitrogen and oxygen atoms in total. The summed E-state index contributed by atoms with van der Waals surface area (Å²) in [5.41, 5.74) is 1.93. The molecule has 1 N–H and O–H groups in total. The van der Waals surface area contributed by atoms with E-state index in [4.69, 9.17) is 9.47 Å². The number of benzene rings is 2. The summed E-state index contributed by atoms with van der Waals surface area (Å²) in [6.07, 6.45) is 1.04. The molecule has 1 amide bonds. The SMILES string of the molecule is C[C@H](C(=O)Nc1ccc2c(c1)n(C)c(=O)n2C)N(c1ccc2c(c1)OCCO2)S(C)(=O)=O. The molecule has 0 fully saturated rings. The van der Waals surface area contributed by atoms with Crippen molar-refractivity contribution in [2.24, 2.45) is 14.1 Å². The number of rotatable bonds is 5. The Morgan fingerprint density at radius 3 is 2.38 bits per heavy atom. The van der Waals surface area contributed by atoms with Gasteiger partial charge in [0.25, 0.3) is 0 Å². The number of carbonyl (C=O) groups excluding carboxylic acids is 1. The molecule has 2 heterocycles. The van der Waals surface area contributed by atoms with Crippen molar-refractivity contribution in [3.63, 3.8) is 0 Å². The first-order chi connectivity index (χ1) is 15.1. The van der Waals surface area contributed by atoms with Gasteiger partial charge in [0.05, 0.1) is 23.0 Å². The number of hydrogen-bond donors (Lipinski definition) is 1. The fraction of sp³-hybridized carbons (Fsp3) is 0.333. The van der Waals surface area contributed by atoms with Gasteiger partial charge in [0.2, 0.25) is 15.9 Å². The number of imidazole rings is 1. The molecule has 1 atom stereocenters. The van der Waals surface area contributed by atoms with Gasteiger partial charge in [-0.3, -0.25) is 18.2 Å². The molecule has 1 aliphatic rings. The van der Waals surface area contributed by atoms with Gasteiger partial charge in [-0.25, -0.2) is 13.2 Å². The molecule has 1 aliphatic heterocycles. The maximum absolute atomic E-state index is 13.0. The zero-order valence-electron chi connectivity index (χ0n) is 18.2. The number of nitrogens with zero attached hydrogens (tertiary/aromatic N) is 3. The molecule has 170 valence electrons. The average Bonchev–Trinajstić information content (AvgIpc) is 2.96. The second-order valence-corrected chi connectivity index (χ2v) is 9.52. The monoisotopic (exact) mass is 460 g/mol. The highest BCUT2D eigenvalue weighted by Crippen LogP contribution is 2.35. The van der Waals surface area contributed by atoms with Crippen LogP contribution in [0.3, 0.4) is 0 Å². The Hall–Kier alpha value is -3.47. The first-order valence-corrected chi connectivity index (χ1v) is 11.8. The number of anilines is 2. The minimum absolute atomic E-state index is 0.182. The number of ether oxygens (including phenoxy) is 2. The molecule has 4 rings (SSSR count). The smallest absolute Gasteiger partial charge is 0.328 e. The molecule has 11 heteroatoms. The van der Waals surface area contributed by atoms with Crippen molar-refractivity contribution < 1.29 is 22.7 Å². The van der Waals surface area contributed by atoms with E-state index < -0.39 is 22.0 Å². The second-order valence-electron chi connectivity index (χ2n) is 7.66. The molecule has 0 aliphatic carbocycles. The van der Waals surface area contributed by atoms with E-state index in [9.17, 15) is 18.0 Å². The molecule has 32 heavy (non-hydrogen) atoms. The van der Waals surface area contributed by atoms with Crippen molar-refractivity contribution in [1.29, 1.82) is 0 Å². The summed E-state index contributed by atoms with van der Waals surface area (Å²) in [6, 6.07) is 8.76. The molecule has 0 bridgehead atoms. The Morgan fingerprint density at radius 1 is 1.03 bits per heavy atom. The molecule has 1 aromatic heterocycles. The Kier molecular flexibility index (Phi) is 5.37. The van der Waals surface area contributed by atoms with Crippen LogP contribution in [0.15, 0.2) is 41.2 Å². The lowest BCUT2D eigenvalue weighted by atomic mass is 10.2. The highest BCUT2D eigenvalue weighted by atomic mass is 32.2. The van der Waals surface area contributed by atoms with E-state index in [2.05, 4.69) is 5.32 Å². The fourth-order valence-corrected chi connectivity index (χ4v) is 4.98. The number of fused-ring (bicyclic) bond motifs is 2. The standard InChI is InChI=1S/C21H24N4O6S/c1-13(20(26)22-14-5-7-16-17(11-14)24(3)21(27)23(16)2)25(32(4,28)29)15-6-8-18-19(12-15)31-10-9-30-18/h5-8,11-13H,9-10H2,1-4H3,(H,22,26)/t13-/m1/s1. The Bertz CT molecular complexity index is 1370. The van der Waals surface area contributed by atoms with E-state index in [0.29, 0.717) is 41.6 Å². The Labute approximate surface area is 185 Å². The van der Waals surface area contributed by atoms with E-state index in [0.717, 1.165) is 16.1 Å². The van der Waals surface area contributed by atoms with E-state index in [1.807, 2.05) is 0 Å². The number of amides is 1. The van der Waals surface area contributed by atoms with Gasteiger partial charge in [-0.15, -0.1) is 0 Å². The molecule has 0 radical (unpaired) electrons. The van der Waals surface area contributed by atoms with E-state index in [1.54, 1.807) is 50.5 Å². The summed E-state index contributed by atoms with van der Waals surface area (Å²) >= 11 is 0. The highest BCUT2D eigenvalue weighted by Gasteiger charge is 2.30. The summed E-state index contributed by atoms with van der Waals surface area (Å²) in [4.78, 5) is 25.1. The van der Waals surface area contributed by atoms with E-state index in [-0.39, 0.29) is 5.69 Å². The first-order valence-electron chi connectivity index (χ1n) is 9.93. The third-order valence-corrected chi connectivity index (χ3v) is 6.65. The van der Waals surface area contributed by atoms with Gasteiger partial charge in [0.1, 0.15) is 19.3 Å². The third-order valence-electron chi connectivity index (χ3n) is 5.41. The molecule has 0 unspecified atom stereocenters. The molecular weight excluding hydrogens is 436 g/mol. The summed E-state index contributed by atoms with van der Waals surface area (Å²) in [5.74, 6) is 0.420. The molecular formula is C21H24N4O6S. The van der Waals surface area contributed by atoms with Gasteiger partial charge >= 0.3 is 5.69 Å². The van der Waals surface area contributed by atoms with Crippen LogP contribution in [0.2, 0.25) is 0 Å². The lowest BCUT2D eigenvalue weighted by Gasteiger charge is -2.29. The van der Waals surface area contributed by atoms with E-state index in [1.165, 1.54) is 16.1 Å². The Balaban J connectivity index is 1.64. The fourth-order valence-electron chi connectivity index (χ4n) is 3.81. The number of sulfonamides is 1. The lowest BCUT2D eigenvalue weighted by Crippen LogP contribution is -2.45. The van der Waals surface area contributed by atoms with Crippen molar-refractivity contribution >= 4 is 38.3 Å². The predicted molar refractivity (Wildman–Crippen MR) is 121 cm³/mol. The van der Waals surface area contributed by atoms with Crippen molar-refractivity contribution in [2.75, 3.05) is 29.1 Å². The molecule has 3 aromatic rings. The van der Waals surface area contributed by atoms with Crippen LogP contribution in [0.1, 0.15) is 6.92 Å². The van der Waals surface area contributed by atoms with Crippen molar-refractivity contribution in [2.45, 2.75) is 13.0 Å². The van der Waals surface area contributed by atoms with Gasteiger partial charge in [-0.1, -0.05) is 0 Å². The molecule has 0 saturated heterocycles. The lowest BCUT2D eigenvalue weighted by molar-refractivity contribution is -0.116. The summed E-state index contributed by atoms with van der Waals surface area (Å²) in [7, 11) is -0.483. The van der Waals surface area contributed by atoms with Gasteiger partial charge in [-0.05, 0) is 37.3 Å². The van der Waals surface area contributed by atoms with E-state index >= 15 is 0 Å². The topological polar surface area (TPSA) is 112 Å². The van der Waals surface area contributed by atoms with Crippen LogP contribution < -0.4 is 24.8 Å². The minimum atomic E-state index is -3.80. The minimum Gasteiger partial charge on any atom is -0.486 e. The highest BCUT2D eigenvalue weighted by molar-refractivity contribution is 7.92. The number of aryl methyl sites for hydroxylation is 2.